The molecule has 0 atom stereocenters. The van der Waals surface area contributed by atoms with Crippen LogP contribution in [0.5, 0.6) is 5.75 Å². The highest BCUT2D eigenvalue weighted by Crippen LogP contribution is 2.35. The average molecular weight is 454 g/mol. The van der Waals surface area contributed by atoms with Crippen molar-refractivity contribution in [3.8, 4) is 5.75 Å². The molecule has 0 spiro atoms. The van der Waals surface area contributed by atoms with Crippen molar-refractivity contribution < 1.29 is 14.3 Å². The number of anilines is 3. The average Bonchev–Trinajstić information content (AvgIpc) is 3.47. The maximum atomic E-state index is 13.6. The normalized spacial score (nSPS) is 15.9. The molecule has 1 fully saturated rings. The monoisotopic (exact) mass is 453 g/mol. The lowest BCUT2D eigenvalue weighted by atomic mass is 10.0. The third-order valence-electron chi connectivity index (χ3n) is 6.34. The first-order chi connectivity index (χ1) is 16.5. The van der Waals surface area contributed by atoms with Crippen LogP contribution in [0.2, 0.25) is 0 Å². The predicted octanol–water partition coefficient (Wildman–Crippen LogP) is 5.00. The lowest BCUT2D eigenvalue weighted by Gasteiger charge is -2.20. The number of hydrogen-bond donors (Lipinski definition) is 1. The van der Waals surface area contributed by atoms with E-state index < -0.39 is 0 Å². The number of carbonyl (C=O) groups is 2. The van der Waals surface area contributed by atoms with Crippen LogP contribution in [-0.2, 0) is 9.59 Å². The first kappa shape index (κ1) is 21.8. The summed E-state index contributed by atoms with van der Waals surface area (Å²) in [5.74, 6) is -0.0564. The molecule has 2 heterocycles. The summed E-state index contributed by atoms with van der Waals surface area (Å²) in [5, 5.41) is 3.19. The molecule has 0 unspecified atom stereocenters. The van der Waals surface area contributed by atoms with Crippen molar-refractivity contribution >= 4 is 34.4 Å². The fourth-order valence-electron chi connectivity index (χ4n) is 4.50. The minimum atomic E-state index is -0.377. The highest BCUT2D eigenvalue weighted by Gasteiger charge is 2.40. The molecular weight excluding hydrogens is 426 g/mol. The van der Waals surface area contributed by atoms with Gasteiger partial charge in [-0.2, -0.15) is 0 Å². The zero-order valence-electron chi connectivity index (χ0n) is 19.4. The molecule has 1 N–H and O–H groups in total. The van der Waals surface area contributed by atoms with E-state index in [1.807, 2.05) is 73.7 Å². The molecule has 3 aromatic carbocycles. The molecule has 34 heavy (non-hydrogen) atoms. The third-order valence-corrected chi connectivity index (χ3v) is 6.34. The van der Waals surface area contributed by atoms with E-state index in [9.17, 15) is 9.59 Å². The van der Waals surface area contributed by atoms with E-state index in [2.05, 4.69) is 10.2 Å². The van der Waals surface area contributed by atoms with Crippen molar-refractivity contribution in [3.05, 3.63) is 89.6 Å². The summed E-state index contributed by atoms with van der Waals surface area (Å²) < 4.78 is 5.31. The van der Waals surface area contributed by atoms with E-state index in [4.69, 9.17) is 4.74 Å². The topological polar surface area (TPSA) is 61.9 Å². The van der Waals surface area contributed by atoms with Gasteiger partial charge in [-0.15, -0.1) is 0 Å². The Morgan fingerprint density at radius 2 is 1.50 bits per heavy atom. The largest absolute Gasteiger partial charge is 0.497 e. The Kier molecular flexibility index (Phi) is 5.80. The van der Waals surface area contributed by atoms with Gasteiger partial charge in [-0.3, -0.25) is 9.59 Å². The van der Waals surface area contributed by atoms with E-state index in [1.165, 1.54) is 17.7 Å². The van der Waals surface area contributed by atoms with Crippen LogP contribution in [0.25, 0.3) is 5.57 Å². The Morgan fingerprint density at radius 1 is 0.824 bits per heavy atom. The summed E-state index contributed by atoms with van der Waals surface area (Å²) in [6.45, 7) is 4.06. The Hall–Kier alpha value is -4.06. The molecule has 0 aromatic heterocycles. The molecule has 3 aromatic rings. The fraction of sp³-hybridized carbons (Fsp3) is 0.214. The number of benzene rings is 3. The van der Waals surface area contributed by atoms with Gasteiger partial charge >= 0.3 is 0 Å². The van der Waals surface area contributed by atoms with Crippen LogP contribution in [0, 0.1) is 6.92 Å². The van der Waals surface area contributed by atoms with Crippen molar-refractivity contribution in [2.45, 2.75) is 19.8 Å². The SMILES string of the molecule is COc1cccc(NC2=C(c3ccc(C)cc3)C(=O)N(c3ccc(N4CCCC4)cc3)C2=O)c1. The fourth-order valence-corrected chi connectivity index (χ4v) is 4.50. The minimum absolute atomic E-state index is 0.255. The van der Waals surface area contributed by atoms with Crippen LogP contribution >= 0.6 is 0 Å². The highest BCUT2D eigenvalue weighted by molar-refractivity contribution is 6.46. The van der Waals surface area contributed by atoms with Gasteiger partial charge in [0.05, 0.1) is 18.4 Å². The second kappa shape index (κ2) is 9.06. The highest BCUT2D eigenvalue weighted by atomic mass is 16.5. The lowest BCUT2D eigenvalue weighted by Crippen LogP contribution is -2.32. The van der Waals surface area contributed by atoms with Gasteiger partial charge < -0.3 is 15.0 Å². The molecule has 2 aliphatic rings. The Bertz CT molecular complexity index is 1260. The maximum absolute atomic E-state index is 13.6. The quantitative estimate of drug-likeness (QED) is 0.532. The number of nitrogens with one attached hydrogen (secondary N) is 1. The molecular formula is C28H27N3O3. The number of imide groups is 1. The molecule has 2 aliphatic heterocycles. The van der Waals surface area contributed by atoms with E-state index in [1.54, 1.807) is 13.2 Å². The second-order valence-corrected chi connectivity index (χ2v) is 8.63. The first-order valence-electron chi connectivity index (χ1n) is 11.5. The van der Waals surface area contributed by atoms with E-state index in [0.717, 1.165) is 24.3 Å². The van der Waals surface area contributed by atoms with Crippen molar-refractivity contribution in [2.75, 3.05) is 35.3 Å². The van der Waals surface area contributed by atoms with Gasteiger partial charge in [-0.05, 0) is 61.7 Å². The van der Waals surface area contributed by atoms with Crippen molar-refractivity contribution in [2.24, 2.45) is 0 Å². The van der Waals surface area contributed by atoms with Crippen LogP contribution in [0.1, 0.15) is 24.0 Å². The summed E-state index contributed by atoms with van der Waals surface area (Å²) >= 11 is 0. The molecule has 172 valence electrons. The van der Waals surface area contributed by atoms with Gasteiger partial charge in [0.2, 0.25) is 0 Å². The molecule has 0 radical (unpaired) electrons. The van der Waals surface area contributed by atoms with Crippen LogP contribution in [0.3, 0.4) is 0 Å². The molecule has 2 amide bonds. The van der Waals surface area contributed by atoms with Crippen molar-refractivity contribution in [1.82, 2.24) is 0 Å². The number of carbonyl (C=O) groups excluding carboxylic acids is 2. The smallest absolute Gasteiger partial charge is 0.282 e. The Labute approximate surface area is 199 Å². The van der Waals surface area contributed by atoms with Crippen LogP contribution in [-0.4, -0.2) is 32.0 Å². The summed E-state index contributed by atoms with van der Waals surface area (Å²) in [4.78, 5) is 30.8. The zero-order chi connectivity index (χ0) is 23.7. The van der Waals surface area contributed by atoms with E-state index in [0.29, 0.717) is 28.3 Å². The lowest BCUT2D eigenvalue weighted by molar-refractivity contribution is -0.120. The van der Waals surface area contributed by atoms with E-state index >= 15 is 0 Å². The molecule has 5 rings (SSSR count). The van der Waals surface area contributed by atoms with Gasteiger partial charge in [-0.25, -0.2) is 4.90 Å². The number of aryl methyl sites for hydroxylation is 1. The maximum Gasteiger partial charge on any atom is 0.282 e. The number of amides is 2. The molecule has 0 saturated carbocycles. The van der Waals surface area contributed by atoms with Crippen LogP contribution in [0.4, 0.5) is 17.1 Å². The van der Waals surface area contributed by atoms with Crippen molar-refractivity contribution in [1.29, 1.82) is 0 Å². The van der Waals surface area contributed by atoms with Gasteiger partial charge in [0.1, 0.15) is 11.4 Å². The summed E-state index contributed by atoms with van der Waals surface area (Å²) in [5.41, 5.74) is 4.74. The molecule has 1 saturated heterocycles. The predicted molar refractivity (Wildman–Crippen MR) is 135 cm³/mol. The summed E-state index contributed by atoms with van der Waals surface area (Å²) in [6, 6.07) is 22.6. The molecule has 6 nitrogen and oxygen atoms in total. The molecule has 0 aliphatic carbocycles. The summed E-state index contributed by atoms with van der Waals surface area (Å²) in [7, 11) is 1.59. The second-order valence-electron chi connectivity index (χ2n) is 8.63. The van der Waals surface area contributed by atoms with Crippen molar-refractivity contribution in [3.63, 3.8) is 0 Å². The Morgan fingerprint density at radius 3 is 2.18 bits per heavy atom. The number of ether oxygens (including phenoxy) is 1. The van der Waals surface area contributed by atoms with Crippen LogP contribution in [0.15, 0.2) is 78.5 Å². The molecule has 6 heteroatoms. The number of methoxy groups -OCH3 is 1. The van der Waals surface area contributed by atoms with Crippen LogP contribution < -0.4 is 19.9 Å². The number of hydrogen-bond acceptors (Lipinski definition) is 5. The van der Waals surface area contributed by atoms with Gasteiger partial charge in [-0.1, -0.05) is 35.9 Å². The van der Waals surface area contributed by atoms with Gasteiger partial charge in [0.25, 0.3) is 11.8 Å². The molecule has 0 bridgehead atoms. The number of rotatable bonds is 6. The third kappa shape index (κ3) is 4.03. The number of nitrogens with zero attached hydrogens (tertiary/aromatic N) is 2. The van der Waals surface area contributed by atoms with Gasteiger partial charge in [0, 0.05) is 30.5 Å². The van der Waals surface area contributed by atoms with Gasteiger partial charge in [0.15, 0.2) is 0 Å². The first-order valence-corrected chi connectivity index (χ1v) is 11.5. The summed E-state index contributed by atoms with van der Waals surface area (Å²) in [6.07, 6.45) is 2.38. The standard InChI is InChI=1S/C28H27N3O3/c1-19-8-10-20(11-9-19)25-26(29-21-6-5-7-24(18-21)34-2)28(33)31(27(25)32)23-14-12-22(13-15-23)30-16-3-4-17-30/h5-15,18,29H,3-4,16-17H2,1-2H3. The minimum Gasteiger partial charge on any atom is -0.497 e. The zero-order valence-corrected chi connectivity index (χ0v) is 19.4. The van der Waals surface area contributed by atoms with E-state index in [-0.39, 0.29) is 17.5 Å². The Balaban J connectivity index is 1.52.